The van der Waals surface area contributed by atoms with Gasteiger partial charge in [0.1, 0.15) is 11.5 Å². The number of thiazole rings is 1. The first-order chi connectivity index (χ1) is 15.4. The molecule has 11 heteroatoms. The van der Waals surface area contributed by atoms with Gasteiger partial charge in [0.2, 0.25) is 0 Å². The number of nitrogens with zero attached hydrogens (tertiary/aromatic N) is 3. The summed E-state index contributed by atoms with van der Waals surface area (Å²) in [5.41, 5.74) is 0.169. The maximum Gasteiger partial charge on any atom is 0.420 e. The standard InChI is InChI=1S/C22H27FN4O4S2/c1-14(2)12-17-25-18(19(32-17)33(29,30)26-21(28)31-5)16-8-6-15(7-9-16)13-27-11-10-24-20(27)22(3,4)23/h6-11,14H,12-13H2,1-5H3,(H,26,28). The Morgan fingerprint density at radius 3 is 2.52 bits per heavy atom. The average Bonchev–Trinajstić information content (AvgIpc) is 3.35. The fourth-order valence-corrected chi connectivity index (χ4v) is 5.96. The van der Waals surface area contributed by atoms with Crippen molar-refractivity contribution in [1.29, 1.82) is 0 Å². The van der Waals surface area contributed by atoms with Gasteiger partial charge in [0, 0.05) is 30.9 Å². The first kappa shape index (κ1) is 24.8. The number of rotatable bonds is 8. The number of sulfonamides is 1. The molecule has 1 N–H and O–H groups in total. The second-order valence-electron chi connectivity index (χ2n) is 8.49. The summed E-state index contributed by atoms with van der Waals surface area (Å²) < 4.78 is 48.0. The van der Waals surface area contributed by atoms with Crippen LogP contribution in [0.2, 0.25) is 0 Å². The van der Waals surface area contributed by atoms with E-state index < -0.39 is 21.8 Å². The second-order valence-corrected chi connectivity index (χ2v) is 11.4. The van der Waals surface area contributed by atoms with E-state index in [1.807, 2.05) is 30.7 Å². The number of alkyl halides is 1. The van der Waals surface area contributed by atoms with Crippen LogP contribution >= 0.6 is 11.3 Å². The molecule has 0 aliphatic heterocycles. The number of ether oxygens (including phenoxy) is 1. The van der Waals surface area contributed by atoms with Gasteiger partial charge in [-0.25, -0.2) is 32.3 Å². The van der Waals surface area contributed by atoms with Gasteiger partial charge in [-0.15, -0.1) is 11.3 Å². The quantitative estimate of drug-likeness (QED) is 0.494. The summed E-state index contributed by atoms with van der Waals surface area (Å²) in [4.78, 5) is 20.2. The number of imidazole rings is 1. The van der Waals surface area contributed by atoms with Crippen molar-refractivity contribution in [3.8, 4) is 11.3 Å². The topological polar surface area (TPSA) is 103 Å². The Kier molecular flexibility index (Phi) is 7.23. The van der Waals surface area contributed by atoms with Gasteiger partial charge in [0.05, 0.1) is 12.1 Å². The highest BCUT2D eigenvalue weighted by atomic mass is 32.2. The molecular formula is C22H27FN4O4S2. The van der Waals surface area contributed by atoms with Crippen LogP contribution in [0.25, 0.3) is 11.3 Å². The largest absolute Gasteiger partial charge is 0.452 e. The Balaban J connectivity index is 1.95. The monoisotopic (exact) mass is 494 g/mol. The van der Waals surface area contributed by atoms with Crippen molar-refractivity contribution in [1.82, 2.24) is 19.3 Å². The number of halogens is 1. The van der Waals surface area contributed by atoms with Gasteiger partial charge < -0.3 is 9.30 Å². The number of nitrogens with one attached hydrogen (secondary N) is 1. The van der Waals surface area contributed by atoms with Gasteiger partial charge in [-0.1, -0.05) is 38.1 Å². The Labute approximate surface area is 196 Å². The summed E-state index contributed by atoms with van der Waals surface area (Å²) in [5.74, 6) is 0.603. The van der Waals surface area contributed by atoms with E-state index in [1.54, 1.807) is 29.1 Å². The predicted molar refractivity (Wildman–Crippen MR) is 124 cm³/mol. The summed E-state index contributed by atoms with van der Waals surface area (Å²) in [6.45, 7) is 7.35. The Morgan fingerprint density at radius 2 is 1.94 bits per heavy atom. The Hall–Kier alpha value is -2.79. The summed E-state index contributed by atoms with van der Waals surface area (Å²) in [7, 11) is -3.07. The van der Waals surface area contributed by atoms with Gasteiger partial charge in [-0.05, 0) is 25.3 Å². The molecule has 0 fully saturated rings. The molecule has 0 unspecified atom stereocenters. The third kappa shape index (κ3) is 5.97. The summed E-state index contributed by atoms with van der Waals surface area (Å²) in [5, 5.41) is 0.655. The Bertz CT molecular complexity index is 1230. The molecule has 0 saturated heterocycles. The van der Waals surface area contributed by atoms with Crippen LogP contribution in [0.3, 0.4) is 0 Å². The molecule has 0 atom stereocenters. The molecule has 33 heavy (non-hydrogen) atoms. The van der Waals surface area contributed by atoms with Crippen molar-refractivity contribution in [2.24, 2.45) is 5.92 Å². The van der Waals surface area contributed by atoms with Crippen molar-refractivity contribution in [2.75, 3.05) is 7.11 Å². The summed E-state index contributed by atoms with van der Waals surface area (Å²) >= 11 is 1.03. The van der Waals surface area contributed by atoms with E-state index in [9.17, 15) is 17.6 Å². The molecule has 0 saturated carbocycles. The highest BCUT2D eigenvalue weighted by molar-refractivity contribution is 7.92. The van der Waals surface area contributed by atoms with Gasteiger partial charge in [0.15, 0.2) is 9.88 Å². The number of carbonyl (C=O) groups excluding carboxylic acids is 1. The lowest BCUT2D eigenvalue weighted by Crippen LogP contribution is -2.30. The van der Waals surface area contributed by atoms with Crippen LogP contribution in [0.4, 0.5) is 9.18 Å². The van der Waals surface area contributed by atoms with E-state index in [0.29, 0.717) is 29.4 Å². The Morgan fingerprint density at radius 1 is 1.27 bits per heavy atom. The third-order valence-corrected chi connectivity index (χ3v) is 7.60. The first-order valence-electron chi connectivity index (χ1n) is 10.3. The molecule has 3 rings (SSSR count). The molecule has 0 spiro atoms. The fraction of sp³-hybridized carbons (Fsp3) is 0.409. The smallest absolute Gasteiger partial charge is 0.420 e. The normalized spacial score (nSPS) is 12.2. The van der Waals surface area contributed by atoms with Crippen LogP contribution in [-0.2, 0) is 33.4 Å². The molecule has 0 bridgehead atoms. The number of hydrogen-bond acceptors (Lipinski definition) is 7. The molecule has 0 aliphatic carbocycles. The lowest BCUT2D eigenvalue weighted by atomic mass is 10.1. The number of hydrogen-bond donors (Lipinski definition) is 1. The molecule has 178 valence electrons. The summed E-state index contributed by atoms with van der Waals surface area (Å²) in [6.07, 6.45) is 2.81. The van der Waals surface area contributed by atoms with Crippen molar-refractivity contribution in [3.05, 3.63) is 53.1 Å². The van der Waals surface area contributed by atoms with E-state index in [4.69, 9.17) is 0 Å². The highest BCUT2D eigenvalue weighted by Gasteiger charge is 2.28. The van der Waals surface area contributed by atoms with Crippen molar-refractivity contribution in [2.45, 2.75) is 50.5 Å². The molecule has 0 aliphatic rings. The van der Waals surface area contributed by atoms with E-state index in [1.165, 1.54) is 13.8 Å². The van der Waals surface area contributed by atoms with Gasteiger partial charge in [-0.3, -0.25) is 0 Å². The minimum absolute atomic E-state index is 0.0487. The molecule has 2 aromatic heterocycles. The number of amides is 1. The molecule has 2 heterocycles. The van der Waals surface area contributed by atoms with Crippen LogP contribution < -0.4 is 4.72 Å². The number of methoxy groups -OCH3 is 1. The predicted octanol–water partition coefficient (Wildman–Crippen LogP) is 4.50. The summed E-state index contributed by atoms with van der Waals surface area (Å²) in [6, 6.07) is 7.18. The van der Waals surface area contributed by atoms with Crippen molar-refractivity contribution >= 4 is 27.5 Å². The second kappa shape index (κ2) is 9.60. The molecular weight excluding hydrogens is 467 g/mol. The lowest BCUT2D eigenvalue weighted by molar-refractivity contribution is 0.177. The van der Waals surface area contributed by atoms with Gasteiger partial charge in [0.25, 0.3) is 10.0 Å². The molecule has 0 radical (unpaired) electrons. The minimum Gasteiger partial charge on any atom is -0.452 e. The highest BCUT2D eigenvalue weighted by Crippen LogP contribution is 2.33. The molecule has 1 amide bonds. The molecule has 8 nitrogen and oxygen atoms in total. The molecule has 3 aromatic rings. The number of benzene rings is 1. The maximum absolute atomic E-state index is 14.4. The van der Waals surface area contributed by atoms with E-state index >= 15 is 0 Å². The van der Waals surface area contributed by atoms with Crippen LogP contribution in [0.15, 0.2) is 40.9 Å². The maximum atomic E-state index is 14.4. The lowest BCUT2D eigenvalue weighted by Gasteiger charge is -2.16. The van der Waals surface area contributed by atoms with Gasteiger partial charge >= 0.3 is 6.09 Å². The van der Waals surface area contributed by atoms with Crippen LogP contribution in [0.5, 0.6) is 0 Å². The van der Waals surface area contributed by atoms with Gasteiger partial charge in [-0.2, -0.15) is 0 Å². The minimum atomic E-state index is -4.16. The van der Waals surface area contributed by atoms with Crippen molar-refractivity contribution < 1.29 is 22.3 Å². The van der Waals surface area contributed by atoms with Crippen LogP contribution in [-0.4, -0.2) is 36.2 Å². The van der Waals surface area contributed by atoms with Crippen LogP contribution in [0, 0.1) is 5.92 Å². The fourth-order valence-electron chi connectivity index (χ4n) is 3.26. The zero-order valence-corrected chi connectivity index (χ0v) is 20.8. The van der Waals surface area contributed by atoms with E-state index in [0.717, 1.165) is 24.0 Å². The zero-order valence-electron chi connectivity index (χ0n) is 19.1. The molecule has 1 aromatic carbocycles. The SMILES string of the molecule is COC(=O)NS(=O)(=O)c1sc(CC(C)C)nc1-c1ccc(Cn2ccnc2C(C)(C)F)cc1. The third-order valence-electron chi connectivity index (χ3n) is 4.70. The number of aromatic nitrogens is 3. The average molecular weight is 495 g/mol. The van der Waals surface area contributed by atoms with E-state index in [2.05, 4.69) is 14.7 Å². The van der Waals surface area contributed by atoms with E-state index in [-0.39, 0.29) is 15.8 Å². The van der Waals surface area contributed by atoms with Crippen LogP contribution in [0.1, 0.15) is 44.1 Å². The van der Waals surface area contributed by atoms with Crippen molar-refractivity contribution in [3.63, 3.8) is 0 Å². The first-order valence-corrected chi connectivity index (χ1v) is 12.6. The zero-order chi connectivity index (χ0) is 24.4. The number of carbonyl (C=O) groups is 1.